The predicted octanol–water partition coefficient (Wildman–Crippen LogP) is -0.355. The summed E-state index contributed by atoms with van der Waals surface area (Å²) in [5.74, 6) is 0. The van der Waals surface area contributed by atoms with Crippen molar-refractivity contribution in [1.82, 2.24) is 10.0 Å². The van der Waals surface area contributed by atoms with E-state index in [1.165, 1.54) is 0 Å². The highest BCUT2D eigenvalue weighted by Crippen LogP contribution is 2.34. The van der Waals surface area contributed by atoms with Crippen LogP contribution in [0.1, 0.15) is 6.42 Å². The molecule has 1 saturated heterocycles. The fourth-order valence-corrected chi connectivity index (χ4v) is 1.37. The van der Waals surface area contributed by atoms with Crippen LogP contribution in [-0.2, 0) is 0 Å². The minimum Gasteiger partial charge on any atom is -0.247 e. The van der Waals surface area contributed by atoms with Gasteiger partial charge >= 0.3 is 0 Å². The van der Waals surface area contributed by atoms with Gasteiger partial charge in [-0.05, 0) is 0 Å². The molecule has 3 heterocycles. The number of rotatable bonds is 0. The standard InChI is InChI=1S/C5H6N4/c1-4-6-2-8-5(1)9(8)3-7-4/h2-5H,1H2. The van der Waals surface area contributed by atoms with E-state index in [0.717, 1.165) is 6.42 Å². The van der Waals surface area contributed by atoms with Crippen LogP contribution in [0.3, 0.4) is 0 Å². The molecule has 0 aromatic rings. The predicted molar refractivity (Wildman–Crippen MR) is 32.9 cm³/mol. The molecule has 3 aliphatic heterocycles. The van der Waals surface area contributed by atoms with E-state index in [2.05, 4.69) is 20.0 Å². The van der Waals surface area contributed by atoms with Gasteiger partial charge in [0.25, 0.3) is 0 Å². The molecule has 4 nitrogen and oxygen atoms in total. The molecule has 3 rings (SSSR count). The van der Waals surface area contributed by atoms with Crippen LogP contribution in [0, 0.1) is 0 Å². The Kier molecular flexibility index (Phi) is 0.414. The number of hydrogen-bond acceptors (Lipinski definition) is 4. The molecular formula is C5H6N4. The van der Waals surface area contributed by atoms with Crippen molar-refractivity contribution >= 4 is 12.7 Å². The molecule has 0 amide bonds. The third-order valence-corrected chi connectivity index (χ3v) is 1.96. The van der Waals surface area contributed by atoms with E-state index in [4.69, 9.17) is 0 Å². The summed E-state index contributed by atoms with van der Waals surface area (Å²) in [7, 11) is 0. The molecule has 3 aliphatic rings. The summed E-state index contributed by atoms with van der Waals surface area (Å²) in [6.45, 7) is 0. The van der Waals surface area contributed by atoms with E-state index in [0.29, 0.717) is 6.17 Å². The van der Waals surface area contributed by atoms with Gasteiger partial charge in [0.1, 0.15) is 25.0 Å². The van der Waals surface area contributed by atoms with Crippen LogP contribution in [0.25, 0.3) is 0 Å². The molecule has 9 heavy (non-hydrogen) atoms. The number of fused-ring (bicyclic) bond motifs is 2. The van der Waals surface area contributed by atoms with E-state index in [9.17, 15) is 0 Å². The van der Waals surface area contributed by atoms with Gasteiger partial charge in [-0.2, -0.15) is 0 Å². The first-order chi connectivity index (χ1) is 4.45. The van der Waals surface area contributed by atoms with Crippen LogP contribution in [0.15, 0.2) is 9.98 Å². The van der Waals surface area contributed by atoms with Crippen LogP contribution in [0.2, 0.25) is 0 Å². The van der Waals surface area contributed by atoms with Crippen molar-refractivity contribution in [2.45, 2.75) is 18.8 Å². The lowest BCUT2D eigenvalue weighted by molar-refractivity contribution is 0.554. The van der Waals surface area contributed by atoms with Gasteiger partial charge in [-0.25, -0.2) is 20.0 Å². The van der Waals surface area contributed by atoms with Crippen molar-refractivity contribution in [1.29, 1.82) is 0 Å². The van der Waals surface area contributed by atoms with Crippen LogP contribution in [0.4, 0.5) is 0 Å². The van der Waals surface area contributed by atoms with E-state index < -0.39 is 0 Å². The number of hydrazine groups is 1. The fraction of sp³-hybridized carbons (Fsp3) is 0.600. The highest BCUT2D eigenvalue weighted by molar-refractivity contribution is 5.71. The maximum absolute atomic E-state index is 4.17. The zero-order valence-corrected chi connectivity index (χ0v) is 4.81. The highest BCUT2D eigenvalue weighted by atomic mass is 15.9. The summed E-state index contributed by atoms with van der Waals surface area (Å²) < 4.78 is 0. The van der Waals surface area contributed by atoms with Gasteiger partial charge in [0, 0.05) is 6.42 Å². The maximum Gasteiger partial charge on any atom is 0.147 e. The van der Waals surface area contributed by atoms with Crippen LogP contribution < -0.4 is 0 Å². The monoisotopic (exact) mass is 122 g/mol. The van der Waals surface area contributed by atoms with E-state index >= 15 is 0 Å². The molecule has 4 heteroatoms. The second-order valence-corrected chi connectivity index (χ2v) is 2.49. The van der Waals surface area contributed by atoms with E-state index in [1.807, 2.05) is 12.7 Å². The first kappa shape index (κ1) is 3.87. The summed E-state index contributed by atoms with van der Waals surface area (Å²) in [6, 6.07) is 0. The smallest absolute Gasteiger partial charge is 0.147 e. The Morgan fingerprint density at radius 2 is 1.89 bits per heavy atom. The molecule has 0 atom stereocenters. The van der Waals surface area contributed by atoms with Crippen molar-refractivity contribution in [3.63, 3.8) is 0 Å². The Morgan fingerprint density at radius 3 is 2.44 bits per heavy atom. The third kappa shape index (κ3) is 0.322. The quantitative estimate of drug-likeness (QED) is 0.411. The normalized spacial score (nSPS) is 41.8. The Labute approximate surface area is 52.5 Å². The first-order valence-corrected chi connectivity index (χ1v) is 3.08. The molecule has 0 N–H and O–H groups in total. The summed E-state index contributed by atoms with van der Waals surface area (Å²) in [4.78, 5) is 8.35. The first-order valence-electron chi connectivity index (χ1n) is 3.08. The average Bonchev–Trinajstić information content (AvgIpc) is 2.62. The Balaban J connectivity index is 2.15. The van der Waals surface area contributed by atoms with E-state index in [-0.39, 0.29) is 6.17 Å². The Bertz CT molecular complexity index is 189. The van der Waals surface area contributed by atoms with Crippen LogP contribution in [-0.4, -0.2) is 35.0 Å². The third-order valence-electron chi connectivity index (χ3n) is 1.96. The summed E-state index contributed by atoms with van der Waals surface area (Å²) in [5.41, 5.74) is 0. The highest BCUT2D eigenvalue weighted by Gasteiger charge is 2.48. The lowest BCUT2D eigenvalue weighted by atomic mass is 10.3. The van der Waals surface area contributed by atoms with Crippen molar-refractivity contribution in [2.24, 2.45) is 9.98 Å². The zero-order valence-electron chi connectivity index (χ0n) is 4.81. The minimum absolute atomic E-state index is 0.227. The number of hydrogen-bond donors (Lipinski definition) is 0. The molecule has 0 aliphatic carbocycles. The molecule has 1 fully saturated rings. The van der Waals surface area contributed by atoms with Crippen molar-refractivity contribution in [3.05, 3.63) is 0 Å². The second kappa shape index (κ2) is 0.964. The van der Waals surface area contributed by atoms with Crippen LogP contribution in [0.5, 0.6) is 0 Å². The van der Waals surface area contributed by atoms with Gasteiger partial charge in [0.05, 0.1) is 0 Å². The second-order valence-electron chi connectivity index (χ2n) is 2.49. The Hall–Kier alpha value is -1.06. The topological polar surface area (TPSA) is 30.7 Å². The van der Waals surface area contributed by atoms with Gasteiger partial charge in [-0.15, -0.1) is 0 Å². The van der Waals surface area contributed by atoms with Gasteiger partial charge in [-0.3, -0.25) is 0 Å². The van der Waals surface area contributed by atoms with E-state index in [1.54, 1.807) is 0 Å². The lowest BCUT2D eigenvalue weighted by Gasteiger charge is -2.08. The molecule has 0 radical (unpaired) electrons. The largest absolute Gasteiger partial charge is 0.247 e. The number of nitrogens with zero attached hydrogens (tertiary/aromatic N) is 4. The molecule has 0 unspecified atom stereocenters. The molecule has 2 bridgehead atoms. The molecular weight excluding hydrogens is 116 g/mol. The fourth-order valence-electron chi connectivity index (χ4n) is 1.37. The number of aliphatic imine (C=N–C) groups is 2. The SMILES string of the molecule is C1=NC2CC3N1N3C=N2. The van der Waals surface area contributed by atoms with Gasteiger partial charge < -0.3 is 0 Å². The van der Waals surface area contributed by atoms with Gasteiger partial charge in [0.15, 0.2) is 0 Å². The van der Waals surface area contributed by atoms with Gasteiger partial charge in [-0.1, -0.05) is 0 Å². The van der Waals surface area contributed by atoms with Crippen molar-refractivity contribution < 1.29 is 0 Å². The minimum atomic E-state index is 0.227. The van der Waals surface area contributed by atoms with Gasteiger partial charge in [0.2, 0.25) is 0 Å². The lowest BCUT2D eigenvalue weighted by Crippen LogP contribution is -2.17. The summed E-state index contributed by atoms with van der Waals surface area (Å²) in [6.07, 6.45) is 5.64. The molecule has 46 valence electrons. The van der Waals surface area contributed by atoms with Crippen LogP contribution >= 0.6 is 0 Å². The molecule has 0 aromatic carbocycles. The average molecular weight is 122 g/mol. The zero-order chi connectivity index (χ0) is 5.84. The molecule has 0 aromatic heterocycles. The Morgan fingerprint density at radius 1 is 1.22 bits per heavy atom. The summed E-state index contributed by atoms with van der Waals surface area (Å²) in [5, 5.41) is 4.18. The summed E-state index contributed by atoms with van der Waals surface area (Å²) >= 11 is 0. The molecule has 0 spiro atoms. The van der Waals surface area contributed by atoms with Crippen molar-refractivity contribution in [2.75, 3.05) is 0 Å². The maximum atomic E-state index is 4.17. The molecule has 0 saturated carbocycles. The van der Waals surface area contributed by atoms with Crippen molar-refractivity contribution in [3.8, 4) is 0 Å².